The zero-order valence-corrected chi connectivity index (χ0v) is 11.1. The fraction of sp³-hybridized carbons (Fsp3) is 1.00. The van der Waals surface area contributed by atoms with Gasteiger partial charge in [0.25, 0.3) is 0 Å². The van der Waals surface area contributed by atoms with Crippen LogP contribution in [-0.4, -0.2) is 55.1 Å². The van der Waals surface area contributed by atoms with E-state index in [2.05, 4.69) is 16.7 Å². The minimum absolute atomic E-state index is 0.735. The molecule has 0 aromatic carbocycles. The van der Waals surface area contributed by atoms with E-state index in [9.17, 15) is 0 Å². The lowest BCUT2D eigenvalue weighted by Gasteiger charge is -2.51. The Balaban J connectivity index is 1.64. The second kappa shape index (κ2) is 4.87. The summed E-state index contributed by atoms with van der Waals surface area (Å²) in [7, 11) is 0. The number of fused-ring (bicyclic) bond motifs is 3. The van der Waals surface area contributed by atoms with Crippen LogP contribution in [0.3, 0.4) is 0 Å². The van der Waals surface area contributed by atoms with Crippen molar-refractivity contribution in [3.63, 3.8) is 0 Å². The second-order valence-corrected chi connectivity index (χ2v) is 6.46. The number of piperidine rings is 4. The van der Waals surface area contributed by atoms with Crippen LogP contribution in [-0.2, 0) is 0 Å². The monoisotopic (exact) mass is 237 g/mol. The predicted octanol–water partition coefficient (Wildman–Crippen LogP) is 0.997. The van der Waals surface area contributed by atoms with E-state index in [4.69, 9.17) is 5.73 Å². The molecule has 4 rings (SSSR count). The van der Waals surface area contributed by atoms with Gasteiger partial charge in [0.1, 0.15) is 0 Å². The SMILES string of the molecule is CC1CCN(C2CN3CCC2CC3)CC1CN. The zero-order valence-electron chi connectivity index (χ0n) is 11.1. The molecule has 3 unspecified atom stereocenters. The number of hydrogen-bond donors (Lipinski definition) is 1. The standard InChI is InChI=1S/C14H27N3/c1-11-2-7-17(9-13(11)8-15)14-10-16-5-3-12(14)4-6-16/h11-14H,2-10,15H2,1H3. The quantitative estimate of drug-likeness (QED) is 0.777. The third kappa shape index (κ3) is 2.25. The molecule has 3 atom stereocenters. The minimum atomic E-state index is 0.735. The maximum absolute atomic E-state index is 5.92. The van der Waals surface area contributed by atoms with Crippen LogP contribution in [0.25, 0.3) is 0 Å². The Morgan fingerprint density at radius 2 is 1.82 bits per heavy atom. The van der Waals surface area contributed by atoms with Crippen molar-refractivity contribution in [2.75, 3.05) is 39.3 Å². The van der Waals surface area contributed by atoms with E-state index in [1.165, 1.54) is 52.0 Å². The highest BCUT2D eigenvalue weighted by atomic mass is 15.3. The average molecular weight is 237 g/mol. The van der Waals surface area contributed by atoms with Gasteiger partial charge in [-0.2, -0.15) is 0 Å². The molecule has 0 radical (unpaired) electrons. The van der Waals surface area contributed by atoms with E-state index in [1.54, 1.807) is 0 Å². The highest BCUT2D eigenvalue weighted by Crippen LogP contribution is 2.34. The Hall–Kier alpha value is -0.120. The molecule has 0 amide bonds. The molecule has 0 aromatic rings. The van der Waals surface area contributed by atoms with Crippen molar-refractivity contribution in [2.24, 2.45) is 23.5 Å². The van der Waals surface area contributed by atoms with Crippen molar-refractivity contribution in [2.45, 2.75) is 32.2 Å². The van der Waals surface area contributed by atoms with E-state index in [1.807, 2.05) is 0 Å². The molecule has 0 aromatic heterocycles. The molecule has 4 aliphatic heterocycles. The molecule has 3 heteroatoms. The first-order valence-electron chi connectivity index (χ1n) is 7.44. The van der Waals surface area contributed by atoms with Gasteiger partial charge in [-0.15, -0.1) is 0 Å². The van der Waals surface area contributed by atoms with Crippen molar-refractivity contribution in [3.05, 3.63) is 0 Å². The van der Waals surface area contributed by atoms with E-state index < -0.39 is 0 Å². The fourth-order valence-electron chi connectivity index (χ4n) is 4.13. The fourth-order valence-corrected chi connectivity index (χ4v) is 4.13. The first-order chi connectivity index (χ1) is 8.28. The van der Waals surface area contributed by atoms with Gasteiger partial charge in [-0.05, 0) is 63.2 Å². The van der Waals surface area contributed by atoms with Crippen LogP contribution >= 0.6 is 0 Å². The van der Waals surface area contributed by atoms with E-state index in [-0.39, 0.29) is 0 Å². The van der Waals surface area contributed by atoms with Crippen LogP contribution in [0.2, 0.25) is 0 Å². The van der Waals surface area contributed by atoms with Gasteiger partial charge < -0.3 is 10.6 Å². The van der Waals surface area contributed by atoms with Crippen LogP contribution in [0.4, 0.5) is 0 Å². The summed E-state index contributed by atoms with van der Waals surface area (Å²) in [6, 6.07) is 0.846. The molecule has 0 spiro atoms. The summed E-state index contributed by atoms with van der Waals surface area (Å²) in [6.07, 6.45) is 4.22. The number of likely N-dealkylation sites (tertiary alicyclic amines) is 1. The second-order valence-electron chi connectivity index (χ2n) is 6.46. The van der Waals surface area contributed by atoms with Gasteiger partial charge in [-0.25, -0.2) is 0 Å². The van der Waals surface area contributed by atoms with Crippen LogP contribution in [0, 0.1) is 17.8 Å². The molecule has 4 aliphatic rings. The third-order valence-electron chi connectivity index (χ3n) is 5.54. The lowest BCUT2D eigenvalue weighted by Crippen LogP contribution is -2.60. The Morgan fingerprint density at radius 3 is 2.41 bits per heavy atom. The van der Waals surface area contributed by atoms with Crippen LogP contribution in [0.1, 0.15) is 26.2 Å². The summed E-state index contributed by atoms with van der Waals surface area (Å²) in [5.41, 5.74) is 5.92. The summed E-state index contributed by atoms with van der Waals surface area (Å²) in [6.45, 7) is 9.86. The minimum Gasteiger partial charge on any atom is -0.330 e. The van der Waals surface area contributed by atoms with Crippen LogP contribution in [0.5, 0.6) is 0 Å². The normalized spacial score (nSPS) is 47.3. The van der Waals surface area contributed by atoms with Gasteiger partial charge >= 0.3 is 0 Å². The van der Waals surface area contributed by atoms with E-state index in [0.29, 0.717) is 0 Å². The molecule has 0 aliphatic carbocycles. The Bertz CT molecular complexity index is 260. The lowest BCUT2D eigenvalue weighted by atomic mass is 9.80. The van der Waals surface area contributed by atoms with E-state index in [0.717, 1.165) is 30.3 Å². The van der Waals surface area contributed by atoms with Crippen molar-refractivity contribution < 1.29 is 0 Å². The zero-order chi connectivity index (χ0) is 11.8. The number of nitrogens with two attached hydrogens (primary N) is 1. The summed E-state index contributed by atoms with van der Waals surface area (Å²) in [5, 5.41) is 0. The molecule has 2 N–H and O–H groups in total. The average Bonchev–Trinajstić information content (AvgIpc) is 2.40. The molecule has 0 saturated carbocycles. The molecule has 4 heterocycles. The predicted molar refractivity (Wildman–Crippen MR) is 70.9 cm³/mol. The smallest absolute Gasteiger partial charge is 0.0252 e. The van der Waals surface area contributed by atoms with Gasteiger partial charge in [-0.1, -0.05) is 6.92 Å². The molecule has 2 bridgehead atoms. The topological polar surface area (TPSA) is 32.5 Å². The van der Waals surface area contributed by atoms with Gasteiger partial charge in [0.15, 0.2) is 0 Å². The van der Waals surface area contributed by atoms with Crippen LogP contribution in [0.15, 0.2) is 0 Å². The molecule has 4 saturated heterocycles. The van der Waals surface area contributed by atoms with Crippen molar-refractivity contribution in [1.29, 1.82) is 0 Å². The van der Waals surface area contributed by atoms with Crippen molar-refractivity contribution in [3.8, 4) is 0 Å². The first kappa shape index (κ1) is 11.9. The molecule has 98 valence electrons. The lowest BCUT2D eigenvalue weighted by molar-refractivity contribution is -0.0203. The Kier molecular flexibility index (Phi) is 3.42. The summed E-state index contributed by atoms with van der Waals surface area (Å²) >= 11 is 0. The molecule has 3 nitrogen and oxygen atoms in total. The Morgan fingerprint density at radius 1 is 1.06 bits per heavy atom. The largest absolute Gasteiger partial charge is 0.330 e. The summed E-state index contributed by atoms with van der Waals surface area (Å²) < 4.78 is 0. The van der Waals surface area contributed by atoms with Gasteiger partial charge in [0.2, 0.25) is 0 Å². The van der Waals surface area contributed by atoms with Gasteiger partial charge in [0, 0.05) is 19.1 Å². The number of nitrogens with zero attached hydrogens (tertiary/aromatic N) is 2. The highest BCUT2D eigenvalue weighted by Gasteiger charge is 2.39. The third-order valence-corrected chi connectivity index (χ3v) is 5.54. The molecule has 4 fully saturated rings. The first-order valence-corrected chi connectivity index (χ1v) is 7.44. The Labute approximate surface area is 105 Å². The van der Waals surface area contributed by atoms with Crippen molar-refractivity contribution in [1.82, 2.24) is 9.80 Å². The van der Waals surface area contributed by atoms with Gasteiger partial charge in [0.05, 0.1) is 0 Å². The van der Waals surface area contributed by atoms with Crippen LogP contribution < -0.4 is 5.73 Å². The maximum atomic E-state index is 5.92. The highest BCUT2D eigenvalue weighted by molar-refractivity contribution is 4.94. The van der Waals surface area contributed by atoms with Crippen molar-refractivity contribution >= 4 is 0 Å². The molecule has 17 heavy (non-hydrogen) atoms. The van der Waals surface area contributed by atoms with E-state index >= 15 is 0 Å². The molecular formula is C14H27N3. The van der Waals surface area contributed by atoms with Gasteiger partial charge in [-0.3, -0.25) is 4.90 Å². The summed E-state index contributed by atoms with van der Waals surface area (Å²) in [5.74, 6) is 2.54. The number of rotatable bonds is 2. The number of hydrogen-bond acceptors (Lipinski definition) is 3. The summed E-state index contributed by atoms with van der Waals surface area (Å²) in [4.78, 5) is 5.44. The maximum Gasteiger partial charge on any atom is 0.0252 e. The molecular weight excluding hydrogens is 210 g/mol.